The number of benzene rings is 2. The van der Waals surface area contributed by atoms with E-state index in [2.05, 4.69) is 5.32 Å². The van der Waals surface area contributed by atoms with Crippen molar-refractivity contribution in [2.45, 2.75) is 19.4 Å². The summed E-state index contributed by atoms with van der Waals surface area (Å²) in [6.45, 7) is 2.61. The average molecular weight is 401 g/mol. The Hall–Kier alpha value is -3.42. The maximum atomic E-state index is 13.2. The summed E-state index contributed by atoms with van der Waals surface area (Å²) >= 11 is 0. The van der Waals surface area contributed by atoms with Crippen molar-refractivity contribution in [3.05, 3.63) is 65.7 Å². The highest BCUT2D eigenvalue weighted by atomic mass is 19.2. The molecule has 0 aliphatic carbocycles. The number of ether oxygens (including phenoxy) is 1. The molecule has 0 unspecified atom stereocenters. The molecule has 0 fully saturated rings. The predicted molar refractivity (Wildman–Crippen MR) is 105 cm³/mol. The van der Waals surface area contributed by atoms with Crippen LogP contribution in [0.5, 0.6) is 5.75 Å². The lowest BCUT2D eigenvalue weighted by molar-refractivity contribution is -0.122. The molecule has 3 N–H and O–H groups in total. The smallest absolute Gasteiger partial charge is 0.315 e. The lowest BCUT2D eigenvalue weighted by Gasteiger charge is -2.24. The van der Waals surface area contributed by atoms with Gasteiger partial charge in [0.2, 0.25) is 0 Å². The number of carbonyl (C=O) groups is 2. The summed E-state index contributed by atoms with van der Waals surface area (Å²) in [6.07, 6.45) is 1.82. The number of urea groups is 1. The van der Waals surface area contributed by atoms with Crippen LogP contribution in [-0.2, 0) is 4.79 Å². The first kappa shape index (κ1) is 20.3. The molecule has 1 atom stereocenters. The first-order chi connectivity index (χ1) is 13.8. The first-order valence-electron chi connectivity index (χ1n) is 9.10. The van der Waals surface area contributed by atoms with E-state index in [0.717, 1.165) is 23.3 Å². The van der Waals surface area contributed by atoms with Crippen LogP contribution in [0.3, 0.4) is 0 Å². The molecule has 0 radical (unpaired) electrons. The van der Waals surface area contributed by atoms with Gasteiger partial charge in [-0.25, -0.2) is 13.6 Å². The van der Waals surface area contributed by atoms with E-state index in [-0.39, 0.29) is 5.69 Å². The van der Waals surface area contributed by atoms with Crippen molar-refractivity contribution in [3.8, 4) is 5.75 Å². The maximum absolute atomic E-state index is 13.2. The molecule has 0 aromatic heterocycles. The molecular formula is C21H21F2N3O3. The van der Waals surface area contributed by atoms with E-state index < -0.39 is 29.7 Å². The van der Waals surface area contributed by atoms with E-state index in [0.29, 0.717) is 25.3 Å². The van der Waals surface area contributed by atoms with Gasteiger partial charge in [-0.2, -0.15) is 0 Å². The van der Waals surface area contributed by atoms with Crippen LogP contribution in [0.15, 0.2) is 48.5 Å². The number of amides is 3. The normalized spacial score (nSPS) is 14.7. The van der Waals surface area contributed by atoms with E-state index in [1.165, 1.54) is 6.07 Å². The summed E-state index contributed by atoms with van der Waals surface area (Å²) in [6, 6.07) is 9.94. The van der Waals surface area contributed by atoms with E-state index in [1.807, 2.05) is 18.2 Å². The topological polar surface area (TPSA) is 84.7 Å². The minimum atomic E-state index is -1.04. The van der Waals surface area contributed by atoms with Crippen molar-refractivity contribution in [1.29, 1.82) is 0 Å². The van der Waals surface area contributed by atoms with Crippen LogP contribution in [0, 0.1) is 11.6 Å². The maximum Gasteiger partial charge on any atom is 0.315 e. The van der Waals surface area contributed by atoms with Crippen LogP contribution in [0.25, 0.3) is 5.57 Å². The van der Waals surface area contributed by atoms with Gasteiger partial charge in [0.1, 0.15) is 5.75 Å². The summed E-state index contributed by atoms with van der Waals surface area (Å²) in [5.41, 5.74) is 7.53. The van der Waals surface area contributed by atoms with E-state index in [4.69, 9.17) is 10.5 Å². The van der Waals surface area contributed by atoms with Crippen molar-refractivity contribution in [1.82, 2.24) is 4.90 Å². The summed E-state index contributed by atoms with van der Waals surface area (Å²) in [4.78, 5) is 25.0. The predicted octanol–water partition coefficient (Wildman–Crippen LogP) is 3.54. The van der Waals surface area contributed by atoms with E-state index in [9.17, 15) is 18.4 Å². The molecule has 0 saturated carbocycles. The van der Waals surface area contributed by atoms with Crippen LogP contribution in [0.1, 0.15) is 18.9 Å². The largest absolute Gasteiger partial charge is 0.481 e. The standard InChI is InChI=1S/C21H21F2N3O3/c1-13(20(27)25-16-4-7-18(22)19(23)12-16)29-17-5-2-14(3-6-17)15-8-10-26(11-9-15)21(24)28/h2-8,12-13H,9-11H2,1H3,(H2,24,28)(H,25,27)/t13-/m0/s1. The Kier molecular flexibility index (Phi) is 6.11. The zero-order valence-corrected chi connectivity index (χ0v) is 15.8. The Bertz CT molecular complexity index is 945. The number of primary amides is 1. The van der Waals surface area contributed by atoms with Gasteiger partial charge < -0.3 is 20.7 Å². The number of carbonyl (C=O) groups excluding carboxylic acids is 2. The van der Waals surface area contributed by atoms with Crippen LogP contribution in [0.4, 0.5) is 19.3 Å². The third kappa shape index (κ3) is 5.10. The van der Waals surface area contributed by atoms with Crippen LogP contribution in [0.2, 0.25) is 0 Å². The minimum Gasteiger partial charge on any atom is -0.481 e. The molecule has 0 bridgehead atoms. The van der Waals surface area contributed by atoms with Crippen LogP contribution in [-0.4, -0.2) is 36.0 Å². The number of anilines is 1. The van der Waals surface area contributed by atoms with Crippen molar-refractivity contribution < 1.29 is 23.1 Å². The molecule has 152 valence electrons. The zero-order valence-electron chi connectivity index (χ0n) is 15.8. The van der Waals surface area contributed by atoms with Crippen molar-refractivity contribution in [2.75, 3.05) is 18.4 Å². The molecule has 3 amide bonds. The number of nitrogens with one attached hydrogen (secondary N) is 1. The average Bonchev–Trinajstić information content (AvgIpc) is 2.71. The Morgan fingerprint density at radius 1 is 1.14 bits per heavy atom. The molecule has 2 aromatic rings. The second-order valence-corrected chi connectivity index (χ2v) is 6.67. The highest BCUT2D eigenvalue weighted by Gasteiger charge is 2.17. The third-order valence-electron chi connectivity index (χ3n) is 4.62. The van der Waals surface area contributed by atoms with E-state index in [1.54, 1.807) is 24.0 Å². The lowest BCUT2D eigenvalue weighted by atomic mass is 9.99. The van der Waals surface area contributed by atoms with E-state index >= 15 is 0 Å². The minimum absolute atomic E-state index is 0.147. The Morgan fingerprint density at radius 2 is 1.86 bits per heavy atom. The van der Waals surface area contributed by atoms with Gasteiger partial charge in [-0.05, 0) is 48.7 Å². The number of rotatable bonds is 5. The summed E-state index contributed by atoms with van der Waals surface area (Å²) in [5, 5.41) is 2.48. The lowest BCUT2D eigenvalue weighted by Crippen LogP contribution is -2.38. The quantitative estimate of drug-likeness (QED) is 0.804. The van der Waals surface area contributed by atoms with Gasteiger partial charge in [0, 0.05) is 24.8 Å². The van der Waals surface area contributed by atoms with Crippen LogP contribution >= 0.6 is 0 Å². The molecular weight excluding hydrogens is 380 g/mol. The molecule has 29 heavy (non-hydrogen) atoms. The number of nitrogens with two attached hydrogens (primary N) is 1. The van der Waals surface area contributed by atoms with Crippen molar-refractivity contribution >= 4 is 23.2 Å². The molecule has 6 nitrogen and oxygen atoms in total. The van der Waals surface area contributed by atoms with Gasteiger partial charge in [0.05, 0.1) is 0 Å². The SMILES string of the molecule is C[C@H](Oc1ccc(C2=CCN(C(N)=O)CC2)cc1)C(=O)Nc1ccc(F)c(F)c1. The van der Waals surface area contributed by atoms with Gasteiger partial charge in [-0.1, -0.05) is 18.2 Å². The second-order valence-electron chi connectivity index (χ2n) is 6.67. The van der Waals surface area contributed by atoms with Crippen LogP contribution < -0.4 is 15.8 Å². The summed E-state index contributed by atoms with van der Waals surface area (Å²) in [5.74, 6) is -2.01. The molecule has 0 spiro atoms. The molecule has 2 aromatic carbocycles. The third-order valence-corrected chi connectivity index (χ3v) is 4.62. The fourth-order valence-electron chi connectivity index (χ4n) is 2.95. The number of halogens is 2. The first-order valence-corrected chi connectivity index (χ1v) is 9.10. The molecule has 1 heterocycles. The second kappa shape index (κ2) is 8.72. The molecule has 0 saturated heterocycles. The zero-order chi connectivity index (χ0) is 21.0. The summed E-state index contributed by atoms with van der Waals surface area (Å²) < 4.78 is 31.8. The number of hydrogen-bond donors (Lipinski definition) is 2. The highest BCUT2D eigenvalue weighted by molar-refractivity contribution is 5.94. The van der Waals surface area contributed by atoms with Gasteiger partial charge in [0.25, 0.3) is 5.91 Å². The molecule has 8 heteroatoms. The van der Waals surface area contributed by atoms with Gasteiger partial charge >= 0.3 is 6.03 Å². The fourth-order valence-corrected chi connectivity index (χ4v) is 2.95. The fraction of sp³-hybridized carbons (Fsp3) is 0.238. The van der Waals surface area contributed by atoms with Crippen molar-refractivity contribution in [3.63, 3.8) is 0 Å². The Labute approximate surface area is 166 Å². The Morgan fingerprint density at radius 3 is 2.45 bits per heavy atom. The van der Waals surface area contributed by atoms with Gasteiger partial charge in [-0.3, -0.25) is 4.79 Å². The highest BCUT2D eigenvalue weighted by Crippen LogP contribution is 2.25. The molecule has 3 rings (SSSR count). The monoisotopic (exact) mass is 401 g/mol. The number of hydrogen-bond acceptors (Lipinski definition) is 3. The summed E-state index contributed by atoms with van der Waals surface area (Å²) in [7, 11) is 0. The van der Waals surface area contributed by atoms with Crippen molar-refractivity contribution in [2.24, 2.45) is 5.73 Å². The number of nitrogens with zero attached hydrogens (tertiary/aromatic N) is 1. The van der Waals surface area contributed by atoms with Gasteiger partial charge in [-0.15, -0.1) is 0 Å². The molecule has 1 aliphatic heterocycles. The van der Waals surface area contributed by atoms with Gasteiger partial charge in [0.15, 0.2) is 17.7 Å². The molecule has 1 aliphatic rings. The Balaban J connectivity index is 1.58.